The molecule has 5 N–H and O–H groups in total. The highest BCUT2D eigenvalue weighted by Crippen LogP contribution is 2.59. The summed E-state index contributed by atoms with van der Waals surface area (Å²) in [5.41, 5.74) is 15.9. The molecule has 1 amide bonds. The number of nitrogens with one attached hydrogen (secondary N) is 1. The number of carbonyl (C=O) groups excluding carboxylic acids is 1. The van der Waals surface area contributed by atoms with Crippen LogP contribution in [0, 0.1) is 34.5 Å². The van der Waals surface area contributed by atoms with Gasteiger partial charge in [0.1, 0.15) is 18.5 Å². The van der Waals surface area contributed by atoms with Crippen LogP contribution in [0.1, 0.15) is 62.5 Å². The van der Waals surface area contributed by atoms with Crippen molar-refractivity contribution in [1.82, 2.24) is 25.2 Å². The van der Waals surface area contributed by atoms with E-state index in [1.165, 1.54) is 38.5 Å². The van der Waals surface area contributed by atoms with Gasteiger partial charge in [0.25, 0.3) is 5.88 Å². The molecule has 246 valence electrons. The SMILES string of the molecule is N#Cc1cc(-c2cnc(N)c(OCc3ccnc(N)c3)n2)ccc1N1CCN(CCCC(=O)NCC23CC4CC(CC(C4)C2)C3)CC1. The lowest BCUT2D eigenvalue weighted by Gasteiger charge is -2.56. The summed E-state index contributed by atoms with van der Waals surface area (Å²) < 4.78 is 5.84. The third-order valence-corrected chi connectivity index (χ3v) is 10.8. The van der Waals surface area contributed by atoms with Gasteiger partial charge >= 0.3 is 0 Å². The van der Waals surface area contributed by atoms with Crippen molar-refractivity contribution in [3.8, 4) is 23.2 Å². The van der Waals surface area contributed by atoms with Crippen molar-refractivity contribution in [1.29, 1.82) is 5.26 Å². The van der Waals surface area contributed by atoms with E-state index in [-0.39, 0.29) is 24.2 Å². The molecule has 5 aliphatic rings. The van der Waals surface area contributed by atoms with Gasteiger partial charge < -0.3 is 26.4 Å². The van der Waals surface area contributed by atoms with Crippen LogP contribution in [0.4, 0.5) is 17.3 Å². The molecule has 0 atom stereocenters. The summed E-state index contributed by atoms with van der Waals surface area (Å²) in [6.45, 7) is 5.46. The molecule has 8 rings (SSSR count). The number of hydrogen-bond donors (Lipinski definition) is 3. The number of anilines is 3. The number of amides is 1. The Morgan fingerprint density at radius 3 is 2.47 bits per heavy atom. The Hall–Kier alpha value is -4.43. The van der Waals surface area contributed by atoms with Gasteiger partial charge in [0.15, 0.2) is 5.82 Å². The number of carbonyl (C=O) groups is 1. The van der Waals surface area contributed by atoms with E-state index < -0.39 is 0 Å². The predicted octanol–water partition coefficient (Wildman–Crippen LogP) is 4.39. The monoisotopic (exact) mass is 635 g/mol. The van der Waals surface area contributed by atoms with Crippen LogP contribution in [0.2, 0.25) is 0 Å². The molecule has 11 heteroatoms. The topological polar surface area (TPSA) is 159 Å². The van der Waals surface area contributed by atoms with Crippen molar-refractivity contribution in [3.63, 3.8) is 0 Å². The summed E-state index contributed by atoms with van der Waals surface area (Å²) in [6.07, 6.45) is 13.0. The van der Waals surface area contributed by atoms with Gasteiger partial charge in [0.2, 0.25) is 5.91 Å². The minimum Gasteiger partial charge on any atom is -0.470 e. The van der Waals surface area contributed by atoms with Crippen LogP contribution in [-0.2, 0) is 11.4 Å². The highest BCUT2D eigenvalue weighted by Gasteiger charge is 2.50. The van der Waals surface area contributed by atoms with Crippen LogP contribution in [-0.4, -0.2) is 65.0 Å². The molecule has 1 aromatic carbocycles. The first-order valence-corrected chi connectivity index (χ1v) is 17.1. The number of nitrogen functional groups attached to an aromatic ring is 2. The zero-order chi connectivity index (χ0) is 32.4. The van der Waals surface area contributed by atoms with Gasteiger partial charge in [-0.2, -0.15) is 5.26 Å². The molecule has 11 nitrogen and oxygen atoms in total. The minimum atomic E-state index is 0.184. The zero-order valence-electron chi connectivity index (χ0n) is 27.0. The summed E-state index contributed by atoms with van der Waals surface area (Å²) >= 11 is 0. The Bertz CT molecular complexity index is 1610. The van der Waals surface area contributed by atoms with Crippen molar-refractivity contribution in [2.75, 3.05) is 55.6 Å². The fourth-order valence-corrected chi connectivity index (χ4v) is 8.98. The number of hydrogen-bond acceptors (Lipinski definition) is 10. The summed E-state index contributed by atoms with van der Waals surface area (Å²) in [6, 6.07) is 11.7. The van der Waals surface area contributed by atoms with Crippen molar-refractivity contribution >= 4 is 23.2 Å². The Morgan fingerprint density at radius 2 is 1.77 bits per heavy atom. The van der Waals surface area contributed by atoms with Crippen LogP contribution in [0.25, 0.3) is 11.3 Å². The van der Waals surface area contributed by atoms with Crippen LogP contribution in [0.3, 0.4) is 0 Å². The molecule has 1 aliphatic heterocycles. The van der Waals surface area contributed by atoms with Crippen molar-refractivity contribution < 1.29 is 9.53 Å². The van der Waals surface area contributed by atoms with E-state index in [1.54, 1.807) is 18.5 Å². The van der Waals surface area contributed by atoms with E-state index in [0.29, 0.717) is 28.9 Å². The molecular weight excluding hydrogens is 590 g/mol. The van der Waals surface area contributed by atoms with E-state index in [0.717, 1.165) is 80.3 Å². The summed E-state index contributed by atoms with van der Waals surface area (Å²) in [5, 5.41) is 13.4. The number of pyridine rings is 1. The lowest BCUT2D eigenvalue weighted by Crippen LogP contribution is -2.51. The highest BCUT2D eigenvalue weighted by molar-refractivity contribution is 5.76. The van der Waals surface area contributed by atoms with E-state index in [1.807, 2.05) is 24.3 Å². The average Bonchev–Trinajstić information content (AvgIpc) is 3.06. The molecule has 47 heavy (non-hydrogen) atoms. The van der Waals surface area contributed by atoms with Crippen LogP contribution >= 0.6 is 0 Å². The normalized spacial score (nSPS) is 25.0. The number of nitrogens with two attached hydrogens (primary N) is 2. The number of rotatable bonds is 11. The fraction of sp³-hybridized carbons (Fsp3) is 0.528. The summed E-state index contributed by atoms with van der Waals surface area (Å²) in [5.74, 6) is 3.76. The Kier molecular flexibility index (Phi) is 8.86. The average molecular weight is 636 g/mol. The third-order valence-electron chi connectivity index (χ3n) is 10.8. The molecular formula is C36H45N9O2. The predicted molar refractivity (Wildman–Crippen MR) is 181 cm³/mol. The lowest BCUT2D eigenvalue weighted by molar-refractivity contribution is -0.123. The molecule has 3 heterocycles. The molecule has 0 spiro atoms. The number of benzene rings is 1. The van der Waals surface area contributed by atoms with Gasteiger partial charge in [-0.1, -0.05) is 6.07 Å². The number of piperazine rings is 1. The Morgan fingerprint density at radius 1 is 1.02 bits per heavy atom. The number of aromatic nitrogens is 3. The number of nitrogens with zero attached hydrogens (tertiary/aromatic N) is 6. The van der Waals surface area contributed by atoms with E-state index in [2.05, 4.69) is 36.1 Å². The van der Waals surface area contributed by atoms with Crippen LogP contribution in [0.15, 0.2) is 42.7 Å². The van der Waals surface area contributed by atoms with E-state index >= 15 is 0 Å². The van der Waals surface area contributed by atoms with Gasteiger partial charge in [-0.3, -0.25) is 9.69 Å². The first-order chi connectivity index (χ1) is 22.8. The summed E-state index contributed by atoms with van der Waals surface area (Å²) in [7, 11) is 0. The molecule has 2 aromatic heterocycles. The second-order valence-electron chi connectivity index (χ2n) is 14.3. The molecule has 1 saturated heterocycles. The minimum absolute atomic E-state index is 0.184. The molecule has 4 aliphatic carbocycles. The van der Waals surface area contributed by atoms with Crippen molar-refractivity contribution in [3.05, 3.63) is 53.9 Å². The summed E-state index contributed by atoms with van der Waals surface area (Å²) in [4.78, 5) is 30.3. The van der Waals surface area contributed by atoms with Crippen molar-refractivity contribution in [2.45, 2.75) is 58.0 Å². The quantitative estimate of drug-likeness (QED) is 0.276. The lowest BCUT2D eigenvalue weighted by atomic mass is 9.49. The molecule has 3 aromatic rings. The zero-order valence-corrected chi connectivity index (χ0v) is 27.0. The third kappa shape index (κ3) is 7.13. The van der Waals surface area contributed by atoms with E-state index in [9.17, 15) is 10.1 Å². The molecule has 4 saturated carbocycles. The fourth-order valence-electron chi connectivity index (χ4n) is 8.98. The first-order valence-electron chi connectivity index (χ1n) is 17.1. The highest BCUT2D eigenvalue weighted by atomic mass is 16.5. The van der Waals surface area contributed by atoms with Crippen molar-refractivity contribution in [2.24, 2.45) is 23.2 Å². The van der Waals surface area contributed by atoms with E-state index in [4.69, 9.17) is 16.2 Å². The van der Waals surface area contributed by atoms with Gasteiger partial charge in [-0.15, -0.1) is 0 Å². The second-order valence-corrected chi connectivity index (χ2v) is 14.3. The molecule has 5 fully saturated rings. The molecule has 0 unspecified atom stereocenters. The van der Waals surface area contributed by atoms with Gasteiger partial charge in [-0.05, 0) is 104 Å². The van der Waals surface area contributed by atoms with Gasteiger partial charge in [0.05, 0.1) is 23.1 Å². The number of ether oxygens (including phenoxy) is 1. The molecule has 4 bridgehead atoms. The first kappa shape index (κ1) is 31.2. The standard InChI is InChI=1S/C36H45N9O2/c37-20-29-16-28(30-21-41-34(39)35(43-30)47-22-24-5-6-40-32(38)15-24)3-4-31(29)45-10-8-44(9-11-45)7-1-2-33(46)42-23-36-17-25-12-26(18-36)14-27(13-25)19-36/h3-6,15-16,21,25-27H,1-2,7-14,17-19,22-23H2,(H2,38,40)(H2,39,41)(H,42,46). The smallest absolute Gasteiger partial charge is 0.258 e. The number of nitriles is 1. The maximum Gasteiger partial charge on any atom is 0.258 e. The maximum atomic E-state index is 12.8. The van der Waals surface area contributed by atoms with Gasteiger partial charge in [-0.25, -0.2) is 15.0 Å². The Balaban J connectivity index is 0.883. The van der Waals surface area contributed by atoms with Crippen LogP contribution in [0.5, 0.6) is 5.88 Å². The molecule has 0 radical (unpaired) electrons. The van der Waals surface area contributed by atoms with Gasteiger partial charge in [0, 0.05) is 50.9 Å². The Labute approximate surface area is 276 Å². The largest absolute Gasteiger partial charge is 0.470 e. The maximum absolute atomic E-state index is 12.8. The second kappa shape index (κ2) is 13.4. The van der Waals surface area contributed by atoms with Crippen LogP contribution < -0.4 is 26.4 Å².